The molecular weight excluding hydrogens is 238 g/mol. The molecule has 1 heterocycles. The lowest BCUT2D eigenvalue weighted by atomic mass is 10.1. The van der Waals surface area contributed by atoms with Crippen LogP contribution in [0.2, 0.25) is 0 Å². The molecule has 2 rings (SSSR count). The van der Waals surface area contributed by atoms with Crippen LogP contribution in [0.3, 0.4) is 0 Å². The molecule has 1 aromatic carbocycles. The van der Waals surface area contributed by atoms with Crippen LogP contribution in [0, 0.1) is 0 Å². The van der Waals surface area contributed by atoms with E-state index in [1.807, 2.05) is 36.7 Å². The Hall–Kier alpha value is -1.81. The summed E-state index contributed by atoms with van der Waals surface area (Å²) < 4.78 is 7.36. The molecule has 4 heteroatoms. The number of imidazole rings is 1. The molecular formula is C15H21N3O. The Labute approximate surface area is 114 Å². The maximum absolute atomic E-state index is 6.27. The van der Waals surface area contributed by atoms with Gasteiger partial charge in [0.1, 0.15) is 11.6 Å². The second-order valence-corrected chi connectivity index (χ2v) is 4.63. The number of nitrogens with two attached hydrogens (primary N) is 1. The van der Waals surface area contributed by atoms with Crippen molar-refractivity contribution >= 4 is 0 Å². The van der Waals surface area contributed by atoms with Gasteiger partial charge in [0.15, 0.2) is 0 Å². The van der Waals surface area contributed by atoms with Crippen molar-refractivity contribution in [3.8, 4) is 5.75 Å². The van der Waals surface area contributed by atoms with Crippen LogP contribution in [-0.4, -0.2) is 16.7 Å². The van der Waals surface area contributed by atoms with E-state index in [1.165, 1.54) is 0 Å². The molecule has 2 aromatic rings. The summed E-state index contributed by atoms with van der Waals surface area (Å²) in [7, 11) is 1.67. The highest BCUT2D eigenvalue weighted by Gasteiger charge is 2.10. The highest BCUT2D eigenvalue weighted by atomic mass is 16.5. The van der Waals surface area contributed by atoms with Gasteiger partial charge in [0.25, 0.3) is 0 Å². The van der Waals surface area contributed by atoms with Crippen LogP contribution in [0.15, 0.2) is 36.7 Å². The topological polar surface area (TPSA) is 53.1 Å². The summed E-state index contributed by atoms with van der Waals surface area (Å²) in [4.78, 5) is 4.37. The van der Waals surface area contributed by atoms with Crippen LogP contribution in [0.5, 0.6) is 5.75 Å². The number of benzene rings is 1. The van der Waals surface area contributed by atoms with E-state index < -0.39 is 0 Å². The largest absolute Gasteiger partial charge is 0.497 e. The summed E-state index contributed by atoms with van der Waals surface area (Å²) in [6.07, 6.45) is 5.90. The lowest BCUT2D eigenvalue weighted by molar-refractivity contribution is 0.413. The molecule has 0 radical (unpaired) electrons. The second kappa shape index (κ2) is 6.38. The molecule has 2 N–H and O–H groups in total. The smallest absolute Gasteiger partial charge is 0.119 e. The molecule has 0 spiro atoms. The highest BCUT2D eigenvalue weighted by Crippen LogP contribution is 2.19. The van der Waals surface area contributed by atoms with Crippen LogP contribution >= 0.6 is 0 Å². The first-order valence-corrected chi connectivity index (χ1v) is 6.64. The van der Waals surface area contributed by atoms with Crippen molar-refractivity contribution < 1.29 is 4.74 Å². The van der Waals surface area contributed by atoms with Crippen molar-refractivity contribution in [3.63, 3.8) is 0 Å². The molecule has 102 valence electrons. The predicted molar refractivity (Wildman–Crippen MR) is 76.1 cm³/mol. The molecule has 0 saturated heterocycles. The third kappa shape index (κ3) is 3.35. The minimum absolute atomic E-state index is 0.0556. The van der Waals surface area contributed by atoms with Gasteiger partial charge in [0, 0.05) is 31.4 Å². The standard InChI is InChI=1S/C15H21N3O/c1-3-5-15-17-8-9-18(15)11-14(16)12-6-4-7-13(10-12)19-2/h4,6-10,14H,3,5,11,16H2,1-2H3. The molecule has 0 fully saturated rings. The average Bonchev–Trinajstić information content (AvgIpc) is 2.86. The van der Waals surface area contributed by atoms with E-state index in [-0.39, 0.29) is 6.04 Å². The first-order valence-electron chi connectivity index (χ1n) is 6.64. The lowest BCUT2D eigenvalue weighted by Gasteiger charge is -2.15. The van der Waals surface area contributed by atoms with Gasteiger partial charge in [-0.1, -0.05) is 19.1 Å². The van der Waals surface area contributed by atoms with Crippen LogP contribution in [-0.2, 0) is 13.0 Å². The van der Waals surface area contributed by atoms with Gasteiger partial charge < -0.3 is 15.0 Å². The Morgan fingerprint density at radius 3 is 3.00 bits per heavy atom. The van der Waals surface area contributed by atoms with Gasteiger partial charge in [-0.05, 0) is 24.1 Å². The molecule has 0 amide bonds. The average molecular weight is 259 g/mol. The lowest BCUT2D eigenvalue weighted by Crippen LogP contribution is -2.18. The second-order valence-electron chi connectivity index (χ2n) is 4.63. The molecule has 0 aliphatic carbocycles. The maximum Gasteiger partial charge on any atom is 0.119 e. The van der Waals surface area contributed by atoms with Gasteiger partial charge in [0.2, 0.25) is 0 Å². The van der Waals surface area contributed by atoms with Gasteiger partial charge in [-0.3, -0.25) is 0 Å². The van der Waals surface area contributed by atoms with Crippen molar-refractivity contribution in [2.75, 3.05) is 7.11 Å². The summed E-state index contributed by atoms with van der Waals surface area (Å²) in [5.74, 6) is 1.94. The Bertz CT molecular complexity index is 522. The fraction of sp³-hybridized carbons (Fsp3) is 0.400. The van der Waals surface area contributed by atoms with Gasteiger partial charge in [-0.2, -0.15) is 0 Å². The third-order valence-electron chi connectivity index (χ3n) is 3.19. The van der Waals surface area contributed by atoms with Crippen molar-refractivity contribution in [1.29, 1.82) is 0 Å². The molecule has 0 aliphatic rings. The normalized spacial score (nSPS) is 12.4. The van der Waals surface area contributed by atoms with Gasteiger partial charge >= 0.3 is 0 Å². The Morgan fingerprint density at radius 2 is 2.26 bits per heavy atom. The Kier molecular flexibility index (Phi) is 4.58. The molecule has 4 nitrogen and oxygen atoms in total. The van der Waals surface area contributed by atoms with E-state index in [4.69, 9.17) is 10.5 Å². The highest BCUT2D eigenvalue weighted by molar-refractivity contribution is 5.30. The molecule has 1 atom stereocenters. The number of aromatic nitrogens is 2. The van der Waals surface area contributed by atoms with Crippen molar-refractivity contribution in [2.24, 2.45) is 5.73 Å². The maximum atomic E-state index is 6.27. The van der Waals surface area contributed by atoms with Gasteiger partial charge in [0.05, 0.1) is 7.11 Å². The number of ether oxygens (including phenoxy) is 1. The SMILES string of the molecule is CCCc1nccn1CC(N)c1cccc(OC)c1. The summed E-state index contributed by atoms with van der Waals surface area (Å²) >= 11 is 0. The number of hydrogen-bond donors (Lipinski definition) is 1. The fourth-order valence-electron chi connectivity index (χ4n) is 2.15. The predicted octanol–water partition coefficient (Wildman–Crippen LogP) is 2.54. The Morgan fingerprint density at radius 1 is 1.42 bits per heavy atom. The van der Waals surface area contributed by atoms with Crippen molar-refractivity contribution in [2.45, 2.75) is 32.4 Å². The van der Waals surface area contributed by atoms with Crippen molar-refractivity contribution in [3.05, 3.63) is 48.0 Å². The summed E-state index contributed by atoms with van der Waals surface area (Å²) in [5, 5.41) is 0. The van der Waals surface area contributed by atoms with E-state index in [0.717, 1.165) is 36.5 Å². The zero-order valence-corrected chi connectivity index (χ0v) is 11.5. The monoisotopic (exact) mass is 259 g/mol. The van der Waals surface area contributed by atoms with E-state index >= 15 is 0 Å². The summed E-state index contributed by atoms with van der Waals surface area (Å²) in [6, 6.07) is 7.86. The fourth-order valence-corrected chi connectivity index (χ4v) is 2.15. The van der Waals surface area contributed by atoms with Gasteiger partial charge in [-0.25, -0.2) is 4.98 Å². The molecule has 1 aromatic heterocycles. The van der Waals surface area contributed by atoms with Crippen LogP contribution in [0.4, 0.5) is 0 Å². The van der Waals surface area contributed by atoms with Crippen LogP contribution in [0.1, 0.15) is 30.8 Å². The molecule has 0 saturated carbocycles. The zero-order chi connectivity index (χ0) is 13.7. The number of methoxy groups -OCH3 is 1. The summed E-state index contributed by atoms with van der Waals surface area (Å²) in [6.45, 7) is 2.89. The first-order chi connectivity index (χ1) is 9.24. The summed E-state index contributed by atoms with van der Waals surface area (Å²) in [5.41, 5.74) is 7.35. The minimum atomic E-state index is -0.0556. The molecule has 1 unspecified atom stereocenters. The minimum Gasteiger partial charge on any atom is -0.497 e. The zero-order valence-electron chi connectivity index (χ0n) is 11.5. The van der Waals surface area contributed by atoms with Gasteiger partial charge in [-0.15, -0.1) is 0 Å². The van der Waals surface area contributed by atoms with E-state index in [2.05, 4.69) is 16.5 Å². The van der Waals surface area contributed by atoms with Crippen LogP contribution < -0.4 is 10.5 Å². The molecule has 19 heavy (non-hydrogen) atoms. The number of aryl methyl sites for hydroxylation is 1. The quantitative estimate of drug-likeness (QED) is 0.867. The first kappa shape index (κ1) is 13.6. The van der Waals surface area contributed by atoms with Crippen molar-refractivity contribution in [1.82, 2.24) is 9.55 Å². The number of rotatable bonds is 6. The third-order valence-corrected chi connectivity index (χ3v) is 3.19. The number of hydrogen-bond acceptors (Lipinski definition) is 3. The van der Waals surface area contributed by atoms with E-state index in [0.29, 0.717) is 0 Å². The Balaban J connectivity index is 2.11. The van der Waals surface area contributed by atoms with Crippen LogP contribution in [0.25, 0.3) is 0 Å². The van der Waals surface area contributed by atoms with E-state index in [9.17, 15) is 0 Å². The molecule has 0 bridgehead atoms. The molecule has 0 aliphatic heterocycles. The number of nitrogens with zero attached hydrogens (tertiary/aromatic N) is 2. The van der Waals surface area contributed by atoms with E-state index in [1.54, 1.807) is 7.11 Å².